The lowest BCUT2D eigenvalue weighted by Gasteiger charge is -2.20. The van der Waals surface area contributed by atoms with Gasteiger partial charge >= 0.3 is 0 Å². The molecule has 0 aliphatic heterocycles. The molecule has 0 saturated heterocycles. The van der Waals surface area contributed by atoms with Crippen molar-refractivity contribution in [3.05, 3.63) is 133 Å². The molecule has 0 radical (unpaired) electrons. The number of fused-ring (bicyclic) bond motifs is 3. The van der Waals surface area contributed by atoms with E-state index in [0.29, 0.717) is 5.56 Å². The molecule has 2 nitrogen and oxygen atoms in total. The molecule has 0 spiro atoms. The van der Waals surface area contributed by atoms with Crippen molar-refractivity contribution >= 4 is 32.6 Å². The van der Waals surface area contributed by atoms with Gasteiger partial charge in [0.05, 0.1) is 23.6 Å². The molecular weight excluding hydrogens is 436 g/mol. The summed E-state index contributed by atoms with van der Waals surface area (Å²) in [5, 5.41) is 4.02. The Morgan fingerprint density at radius 2 is 1.31 bits per heavy atom. The molecule has 0 saturated carbocycles. The average Bonchev–Trinajstić information content (AvgIpc) is 3.33. The van der Waals surface area contributed by atoms with Crippen LogP contribution in [0.25, 0.3) is 60.5 Å². The summed E-state index contributed by atoms with van der Waals surface area (Å²) in [7, 11) is 0. The lowest BCUT2D eigenvalue weighted by molar-refractivity contribution is 1.02. The summed E-state index contributed by atoms with van der Waals surface area (Å²) in [5.41, 5.74) is 5.72. The number of aromatic nitrogens is 2. The standard InChI is InChI=1S/C34H24N2/c1-23-35-31-18-10-11-19-32(31)36(23)34-28-17-9-8-16-27(28)33(25-14-6-3-7-15-25)30-22-26(20-21-29(30)34)24-12-4-2-5-13-24/h2-22H,1H3/i2D,4D,5D,12D,13D. The van der Waals surface area contributed by atoms with Crippen molar-refractivity contribution in [2.45, 2.75) is 6.92 Å². The summed E-state index contributed by atoms with van der Waals surface area (Å²) in [6.07, 6.45) is 0. The summed E-state index contributed by atoms with van der Waals surface area (Å²) in [4.78, 5) is 4.85. The number of rotatable bonds is 3. The molecule has 0 N–H and O–H groups in total. The molecule has 1 heterocycles. The van der Waals surface area contributed by atoms with Crippen LogP contribution in [0.4, 0.5) is 0 Å². The second kappa shape index (κ2) is 8.21. The fraction of sp³-hybridized carbons (Fsp3) is 0.0294. The van der Waals surface area contributed by atoms with Crippen LogP contribution in [0.3, 0.4) is 0 Å². The van der Waals surface area contributed by atoms with E-state index in [2.05, 4.69) is 34.9 Å². The zero-order chi connectivity index (χ0) is 28.4. The number of imidazole rings is 1. The molecule has 6 aromatic carbocycles. The Hall–Kier alpha value is -4.69. The van der Waals surface area contributed by atoms with Crippen molar-refractivity contribution in [2.24, 2.45) is 0 Å². The fourth-order valence-electron chi connectivity index (χ4n) is 5.29. The van der Waals surface area contributed by atoms with Gasteiger partial charge in [-0.05, 0) is 58.1 Å². The van der Waals surface area contributed by atoms with Crippen LogP contribution in [0.5, 0.6) is 0 Å². The van der Waals surface area contributed by atoms with E-state index in [9.17, 15) is 0 Å². The Morgan fingerprint density at radius 1 is 0.611 bits per heavy atom. The summed E-state index contributed by atoms with van der Waals surface area (Å²) in [6.45, 7) is 2.01. The maximum Gasteiger partial charge on any atom is 0.111 e. The predicted octanol–water partition coefficient (Wildman–Crippen LogP) is 8.97. The molecule has 1 aromatic heterocycles. The van der Waals surface area contributed by atoms with Crippen LogP contribution in [-0.2, 0) is 0 Å². The third kappa shape index (κ3) is 3.15. The Balaban J connectivity index is 1.68. The second-order valence-electron chi connectivity index (χ2n) is 8.88. The van der Waals surface area contributed by atoms with Gasteiger partial charge in [-0.2, -0.15) is 0 Å². The van der Waals surface area contributed by atoms with Gasteiger partial charge in [0, 0.05) is 10.8 Å². The molecule has 0 bridgehead atoms. The number of aryl methyl sites for hydroxylation is 1. The highest BCUT2D eigenvalue weighted by Crippen LogP contribution is 2.43. The normalized spacial score (nSPS) is 13.4. The largest absolute Gasteiger partial charge is 0.295 e. The average molecular weight is 466 g/mol. The van der Waals surface area contributed by atoms with Crippen LogP contribution in [0.2, 0.25) is 0 Å². The van der Waals surface area contributed by atoms with Crippen molar-refractivity contribution in [1.82, 2.24) is 9.55 Å². The lowest BCUT2D eigenvalue weighted by Crippen LogP contribution is -2.01. The van der Waals surface area contributed by atoms with Crippen LogP contribution in [0, 0.1) is 6.92 Å². The first kappa shape index (κ1) is 16.1. The molecular formula is C34H24N2. The first-order chi connectivity index (χ1) is 19.9. The number of hydrogen-bond donors (Lipinski definition) is 0. The first-order valence-electron chi connectivity index (χ1n) is 14.4. The number of benzene rings is 6. The van der Waals surface area contributed by atoms with Gasteiger partial charge in [0.1, 0.15) is 5.82 Å². The van der Waals surface area contributed by atoms with Gasteiger partial charge in [-0.15, -0.1) is 0 Å². The highest BCUT2D eigenvalue weighted by Gasteiger charge is 2.20. The number of hydrogen-bond acceptors (Lipinski definition) is 1. The van der Waals surface area contributed by atoms with Crippen molar-refractivity contribution in [1.29, 1.82) is 0 Å². The van der Waals surface area contributed by atoms with Gasteiger partial charge < -0.3 is 0 Å². The minimum atomic E-state index is -0.398. The zero-order valence-corrected chi connectivity index (χ0v) is 19.6. The van der Waals surface area contributed by atoms with Crippen LogP contribution < -0.4 is 0 Å². The van der Waals surface area contributed by atoms with E-state index in [1.54, 1.807) is 0 Å². The Labute approximate surface area is 217 Å². The first-order valence-corrected chi connectivity index (χ1v) is 11.9. The smallest absolute Gasteiger partial charge is 0.111 e. The summed E-state index contributed by atoms with van der Waals surface area (Å²) >= 11 is 0. The topological polar surface area (TPSA) is 17.8 Å². The Bertz CT molecular complexity index is 2140. The molecule has 0 amide bonds. The van der Waals surface area contributed by atoms with E-state index in [1.165, 1.54) is 0 Å². The van der Waals surface area contributed by atoms with Crippen molar-refractivity contribution in [3.63, 3.8) is 0 Å². The minimum Gasteiger partial charge on any atom is -0.295 e. The van der Waals surface area contributed by atoms with Gasteiger partial charge in [-0.3, -0.25) is 4.57 Å². The SMILES string of the molecule is [2H]c1c([2H])c([2H])c(-c2ccc3c(-n4c(C)nc5ccccc54)c4ccccc4c(-c4ccccc4)c3c2)c([2H])c1[2H]. The van der Waals surface area contributed by atoms with E-state index < -0.39 is 6.04 Å². The van der Waals surface area contributed by atoms with Gasteiger partial charge in [0.15, 0.2) is 0 Å². The lowest BCUT2D eigenvalue weighted by atomic mass is 9.88. The zero-order valence-electron chi connectivity index (χ0n) is 24.6. The fourth-order valence-corrected chi connectivity index (χ4v) is 5.29. The summed E-state index contributed by atoms with van der Waals surface area (Å²) < 4.78 is 44.0. The molecule has 7 aromatic rings. The summed E-state index contributed by atoms with van der Waals surface area (Å²) in [5.74, 6) is 0.861. The molecule has 0 unspecified atom stereocenters. The van der Waals surface area contributed by atoms with E-state index >= 15 is 0 Å². The molecule has 2 heteroatoms. The monoisotopic (exact) mass is 465 g/mol. The Morgan fingerprint density at radius 3 is 2.14 bits per heavy atom. The van der Waals surface area contributed by atoms with Crippen molar-refractivity contribution in [3.8, 4) is 27.9 Å². The maximum absolute atomic E-state index is 8.62. The number of nitrogens with zero attached hydrogens (tertiary/aromatic N) is 2. The van der Waals surface area contributed by atoms with Gasteiger partial charge in [-0.1, -0.05) is 109 Å². The van der Waals surface area contributed by atoms with Crippen LogP contribution >= 0.6 is 0 Å². The van der Waals surface area contributed by atoms with E-state index in [4.69, 9.17) is 11.8 Å². The molecule has 0 fully saturated rings. The number of para-hydroxylation sites is 2. The second-order valence-corrected chi connectivity index (χ2v) is 8.88. The molecule has 0 aliphatic carbocycles. The van der Waals surface area contributed by atoms with Gasteiger partial charge in [0.2, 0.25) is 0 Å². The third-order valence-corrected chi connectivity index (χ3v) is 6.80. The van der Waals surface area contributed by atoms with E-state index in [-0.39, 0.29) is 29.7 Å². The van der Waals surface area contributed by atoms with Crippen molar-refractivity contribution < 1.29 is 6.85 Å². The molecule has 0 aliphatic rings. The molecule has 170 valence electrons. The van der Waals surface area contributed by atoms with Gasteiger partial charge in [0.25, 0.3) is 0 Å². The van der Waals surface area contributed by atoms with E-state index in [0.717, 1.165) is 55.2 Å². The highest BCUT2D eigenvalue weighted by molar-refractivity contribution is 6.19. The van der Waals surface area contributed by atoms with Crippen LogP contribution in [-0.4, -0.2) is 9.55 Å². The third-order valence-electron chi connectivity index (χ3n) is 6.80. The van der Waals surface area contributed by atoms with E-state index in [1.807, 2.05) is 73.7 Å². The molecule has 36 heavy (non-hydrogen) atoms. The predicted molar refractivity (Wildman–Crippen MR) is 152 cm³/mol. The Kier molecular flexibility index (Phi) is 3.67. The minimum absolute atomic E-state index is 0.191. The molecule has 7 rings (SSSR count). The quantitative estimate of drug-likeness (QED) is 0.238. The van der Waals surface area contributed by atoms with Crippen LogP contribution in [0.1, 0.15) is 12.7 Å². The molecule has 0 atom stereocenters. The highest BCUT2D eigenvalue weighted by atomic mass is 15.1. The van der Waals surface area contributed by atoms with Crippen LogP contribution in [0.15, 0.2) is 127 Å². The van der Waals surface area contributed by atoms with Gasteiger partial charge in [-0.25, -0.2) is 4.98 Å². The summed E-state index contributed by atoms with van der Waals surface area (Å²) in [6, 6.07) is 30.9. The maximum atomic E-state index is 8.62. The van der Waals surface area contributed by atoms with Crippen molar-refractivity contribution in [2.75, 3.05) is 0 Å².